The minimum atomic E-state index is -2.95. The number of carbonyl (C=O) groups excluding carboxylic acids is 2. The third-order valence-corrected chi connectivity index (χ3v) is 11.1. The molecule has 0 spiro atoms. The topological polar surface area (TPSA) is 202 Å². The summed E-state index contributed by atoms with van der Waals surface area (Å²) in [5, 5.41) is 17.0. The number of guanidine groups is 1. The van der Waals surface area contributed by atoms with Gasteiger partial charge < -0.3 is 30.2 Å². The average Bonchev–Trinajstić information content (AvgIpc) is 3.68. The van der Waals surface area contributed by atoms with Crippen LogP contribution in [0.1, 0.15) is 40.3 Å². The van der Waals surface area contributed by atoms with Crippen LogP contribution in [0.2, 0.25) is 0 Å². The second kappa shape index (κ2) is 20.4. The van der Waals surface area contributed by atoms with E-state index in [0.29, 0.717) is 44.7 Å². The van der Waals surface area contributed by atoms with Gasteiger partial charge >= 0.3 is 20.3 Å². The summed E-state index contributed by atoms with van der Waals surface area (Å²) in [6.45, 7) is -0.800. The maximum atomic E-state index is 13.4. The van der Waals surface area contributed by atoms with Crippen molar-refractivity contribution in [1.82, 2.24) is 29.7 Å². The SMILES string of the molecule is CC1=NC(c2cccc(Br)c2)(c2ccc(OC(F)F)c(C)c2)C(=O)N1C.Cc1cc(C2(c3cccc(-c4cncnc4)c3)N=C(N)N(C)C2=O)ccc1OC(F)F.OB(O)c1cncnc1. The molecule has 4 heterocycles. The Balaban J connectivity index is 0.000000186. The number of alkyl halides is 4. The Labute approximate surface area is 385 Å². The quantitative estimate of drug-likeness (QED) is 0.112. The zero-order chi connectivity index (χ0) is 47.9. The number of carbonyl (C=O) groups is 2. The molecular weight excluding hydrogens is 929 g/mol. The summed E-state index contributed by atoms with van der Waals surface area (Å²) >= 11 is 3.43. The van der Waals surface area contributed by atoms with Crippen LogP contribution in [0.4, 0.5) is 17.6 Å². The van der Waals surface area contributed by atoms with E-state index in [1.54, 1.807) is 83.7 Å². The van der Waals surface area contributed by atoms with Gasteiger partial charge in [-0.1, -0.05) is 58.4 Å². The fourth-order valence-corrected chi connectivity index (χ4v) is 7.62. The van der Waals surface area contributed by atoms with Crippen molar-refractivity contribution in [2.45, 2.75) is 45.1 Å². The number of aromatic nitrogens is 4. The van der Waals surface area contributed by atoms with Crippen LogP contribution in [-0.4, -0.2) is 97.8 Å². The Bertz CT molecular complexity index is 2780. The second-order valence-corrected chi connectivity index (χ2v) is 15.7. The van der Waals surface area contributed by atoms with Gasteiger partial charge in [-0.05, 0) is 102 Å². The highest BCUT2D eigenvalue weighted by Crippen LogP contribution is 2.43. The molecule has 2 amide bonds. The molecule has 66 heavy (non-hydrogen) atoms. The zero-order valence-electron chi connectivity index (χ0n) is 35.9. The van der Waals surface area contributed by atoms with Crippen LogP contribution < -0.4 is 20.7 Å². The van der Waals surface area contributed by atoms with Crippen LogP contribution in [0.15, 0.2) is 137 Å². The number of aryl methyl sites for hydroxylation is 2. The normalized spacial score (nSPS) is 17.7. The number of halogens is 5. The van der Waals surface area contributed by atoms with Gasteiger partial charge in [-0.3, -0.25) is 14.5 Å². The van der Waals surface area contributed by atoms with Crippen molar-refractivity contribution in [3.8, 4) is 22.6 Å². The Morgan fingerprint density at radius 3 is 1.53 bits per heavy atom. The van der Waals surface area contributed by atoms with Gasteiger partial charge in [0.2, 0.25) is 0 Å². The molecule has 0 radical (unpaired) electrons. The summed E-state index contributed by atoms with van der Waals surface area (Å²) in [5.74, 6) is 0.195. The monoisotopic (exact) mass is 969 g/mol. The highest BCUT2D eigenvalue weighted by Gasteiger charge is 2.50. The molecule has 6 aromatic rings. The first-order valence-electron chi connectivity index (χ1n) is 19.7. The molecule has 2 unspecified atom stereocenters. The third kappa shape index (κ3) is 10.1. The van der Waals surface area contributed by atoms with E-state index in [4.69, 9.17) is 15.8 Å². The van der Waals surface area contributed by atoms with Gasteiger partial charge in [-0.2, -0.15) is 17.6 Å². The second-order valence-electron chi connectivity index (χ2n) is 14.8. The van der Waals surface area contributed by atoms with Gasteiger partial charge in [-0.25, -0.2) is 29.9 Å². The van der Waals surface area contributed by atoms with Crippen molar-refractivity contribution in [3.05, 3.63) is 160 Å². The fraction of sp³-hybridized carbons (Fsp3) is 0.200. The summed E-state index contributed by atoms with van der Waals surface area (Å²) in [4.78, 5) is 53.8. The van der Waals surface area contributed by atoms with Crippen LogP contribution >= 0.6 is 15.9 Å². The molecule has 0 bridgehead atoms. The Kier molecular flexibility index (Phi) is 14.9. The van der Waals surface area contributed by atoms with E-state index in [9.17, 15) is 27.2 Å². The van der Waals surface area contributed by atoms with Crippen molar-refractivity contribution >= 4 is 52.1 Å². The lowest BCUT2D eigenvalue weighted by Crippen LogP contribution is -2.41. The van der Waals surface area contributed by atoms with Gasteiger partial charge in [0.05, 0.1) is 0 Å². The van der Waals surface area contributed by atoms with E-state index in [-0.39, 0.29) is 29.3 Å². The lowest BCUT2D eigenvalue weighted by molar-refractivity contribution is -0.130. The number of ether oxygens (including phenoxy) is 2. The number of aliphatic imine (C=N–C) groups is 2. The molecule has 2 aliphatic rings. The molecule has 15 nitrogen and oxygen atoms in total. The molecule has 2 aromatic heterocycles. The highest BCUT2D eigenvalue weighted by molar-refractivity contribution is 9.10. The van der Waals surface area contributed by atoms with Gasteiger partial charge in [0.25, 0.3) is 11.8 Å². The highest BCUT2D eigenvalue weighted by atomic mass is 79.9. The van der Waals surface area contributed by atoms with Gasteiger partial charge in [0.1, 0.15) is 30.0 Å². The molecule has 4 N–H and O–H groups in total. The molecular formula is C45H41BBrF4N9O6. The zero-order valence-corrected chi connectivity index (χ0v) is 37.4. The van der Waals surface area contributed by atoms with Crippen LogP contribution in [0.5, 0.6) is 11.5 Å². The number of benzene rings is 4. The molecule has 2 atom stereocenters. The minimum Gasteiger partial charge on any atom is -0.435 e. The smallest absolute Gasteiger partial charge is 0.435 e. The minimum absolute atomic E-state index is 0.0276. The molecule has 8 rings (SSSR count). The van der Waals surface area contributed by atoms with Crippen LogP contribution in [0.3, 0.4) is 0 Å². The van der Waals surface area contributed by atoms with Gasteiger partial charge in [-0.15, -0.1) is 0 Å². The maximum Gasteiger partial charge on any atom is 0.491 e. The van der Waals surface area contributed by atoms with E-state index in [0.717, 1.165) is 15.6 Å². The number of nitrogens with zero attached hydrogens (tertiary/aromatic N) is 8. The van der Waals surface area contributed by atoms with Crippen molar-refractivity contribution in [3.63, 3.8) is 0 Å². The lowest BCUT2D eigenvalue weighted by atomic mass is 9.81. The number of amides is 2. The van der Waals surface area contributed by atoms with Crippen molar-refractivity contribution in [2.24, 2.45) is 15.7 Å². The van der Waals surface area contributed by atoms with E-state index in [1.165, 1.54) is 47.0 Å². The first kappa shape index (κ1) is 48.4. The maximum absolute atomic E-state index is 13.4. The number of hydrogen-bond acceptors (Lipinski definition) is 13. The predicted octanol–water partition coefficient (Wildman–Crippen LogP) is 5.73. The number of amidine groups is 1. The van der Waals surface area contributed by atoms with E-state index >= 15 is 0 Å². The molecule has 0 saturated carbocycles. The van der Waals surface area contributed by atoms with Crippen molar-refractivity contribution < 1.29 is 46.7 Å². The lowest BCUT2D eigenvalue weighted by Gasteiger charge is -2.27. The van der Waals surface area contributed by atoms with Crippen LogP contribution in [-0.2, 0) is 20.7 Å². The molecule has 0 fully saturated rings. The number of rotatable bonds is 10. The summed E-state index contributed by atoms with van der Waals surface area (Å²) in [7, 11) is 1.74. The fourth-order valence-electron chi connectivity index (χ4n) is 7.22. The first-order valence-corrected chi connectivity index (χ1v) is 20.5. The van der Waals surface area contributed by atoms with Crippen molar-refractivity contribution in [1.29, 1.82) is 0 Å². The van der Waals surface area contributed by atoms with E-state index in [2.05, 4.69) is 55.3 Å². The third-order valence-electron chi connectivity index (χ3n) is 10.6. The van der Waals surface area contributed by atoms with Crippen LogP contribution in [0.25, 0.3) is 11.1 Å². The molecule has 0 saturated heterocycles. The predicted molar refractivity (Wildman–Crippen MR) is 241 cm³/mol. The summed E-state index contributed by atoms with van der Waals surface area (Å²) in [6.07, 6.45) is 8.78. The molecule has 21 heteroatoms. The van der Waals surface area contributed by atoms with Crippen molar-refractivity contribution in [2.75, 3.05) is 14.1 Å². The molecule has 4 aromatic carbocycles. The van der Waals surface area contributed by atoms with E-state index < -0.39 is 31.4 Å². The van der Waals surface area contributed by atoms with E-state index in [1.807, 2.05) is 36.4 Å². The summed E-state index contributed by atoms with van der Waals surface area (Å²) in [5.41, 5.74) is 8.49. The standard InChI is InChI=1S/C22H19F2N5O2.C19H17BrF2N2O2.C4H5BN2O2/c1-13-8-17(6-7-18(13)31-20(23)24)22(19(30)29(2)21(25)28-22)16-5-3-4-14(9-16)15-10-26-12-27-11-15;1-11-9-14(7-8-16(11)26-18(21)22)19(13-5-4-6-15(20)10-13)17(25)24(3)12(2)23-19;8-5(9)4-1-6-3-7-2-4/h3-12,20H,1-2H3,(H2,25,28);4-10,18H,1-3H3;1-3,8-9H. The Morgan fingerprint density at radius 2 is 1.11 bits per heavy atom. The van der Waals surface area contributed by atoms with Crippen LogP contribution in [0, 0.1) is 13.8 Å². The number of hydrogen-bond donors (Lipinski definition) is 3. The first-order chi connectivity index (χ1) is 31.4. The van der Waals surface area contributed by atoms with Gasteiger partial charge in [0, 0.05) is 54.4 Å². The number of nitrogens with two attached hydrogens (primary N) is 1. The Morgan fingerprint density at radius 1 is 0.636 bits per heavy atom. The van der Waals surface area contributed by atoms with Gasteiger partial charge in [0.15, 0.2) is 17.0 Å². The average molecular weight is 971 g/mol. The number of likely N-dealkylation sites (N-methyl/N-ethyl adjacent to an activating group) is 2. The molecule has 0 aliphatic carbocycles. The molecule has 2 aliphatic heterocycles. The largest absolute Gasteiger partial charge is 0.491 e. The molecule has 340 valence electrons. The summed E-state index contributed by atoms with van der Waals surface area (Å²) in [6, 6.07) is 24.0. The summed E-state index contributed by atoms with van der Waals surface area (Å²) < 4.78 is 60.3. The Hall–Kier alpha value is -7.10.